The minimum absolute atomic E-state index is 0.298. The number of halogens is 3. The van der Waals surface area contributed by atoms with Crippen LogP contribution in [0.15, 0.2) is 82.6 Å². The third-order valence-corrected chi connectivity index (χ3v) is 9.60. The Morgan fingerprint density at radius 2 is 1.74 bits per heavy atom. The average molecular weight is 626 g/mol. The van der Waals surface area contributed by atoms with Gasteiger partial charge in [0, 0.05) is 16.5 Å². The summed E-state index contributed by atoms with van der Waals surface area (Å²) < 4.78 is 47.3. The number of aromatic amines is 1. The van der Waals surface area contributed by atoms with Crippen LogP contribution in [0.4, 0.5) is 24.5 Å². The van der Waals surface area contributed by atoms with Crippen molar-refractivity contribution in [2.24, 2.45) is 5.92 Å². The number of fused-ring (bicyclic) bond motifs is 2. The average Bonchev–Trinajstić information content (AvgIpc) is 3.46. The van der Waals surface area contributed by atoms with Crippen LogP contribution in [0.25, 0.3) is 0 Å². The number of anilines is 2. The Morgan fingerprint density at radius 1 is 1.00 bits per heavy atom. The summed E-state index contributed by atoms with van der Waals surface area (Å²) in [6.07, 6.45) is -4.79. The fourth-order valence-electron chi connectivity index (χ4n) is 5.30. The molecule has 43 heavy (non-hydrogen) atoms. The van der Waals surface area contributed by atoms with Crippen molar-refractivity contribution in [1.82, 2.24) is 4.98 Å². The number of hydrogen-bond donors (Lipinski definition) is 2. The first kappa shape index (κ1) is 28.7. The molecule has 1 saturated heterocycles. The molecule has 13 heteroatoms. The molecule has 0 saturated carbocycles. The number of carbonyl (C=O) groups excluding carboxylic acids is 3. The molecule has 4 aromatic rings. The number of nitrogens with zero attached hydrogens (tertiary/aromatic N) is 1. The van der Waals surface area contributed by atoms with Gasteiger partial charge in [-0.3, -0.25) is 19.2 Å². The van der Waals surface area contributed by atoms with Gasteiger partial charge in [0.2, 0.25) is 11.8 Å². The van der Waals surface area contributed by atoms with E-state index in [1.807, 2.05) is 19.1 Å². The monoisotopic (exact) mass is 625 g/mol. The summed E-state index contributed by atoms with van der Waals surface area (Å²) >= 11 is 1.85. The fraction of sp³-hybridized carbons (Fsp3) is 0.200. The number of H-pyrrole nitrogens is 1. The number of rotatable bonds is 6. The molecule has 0 aliphatic carbocycles. The van der Waals surface area contributed by atoms with Crippen LogP contribution >= 0.6 is 23.1 Å². The number of amides is 3. The van der Waals surface area contributed by atoms with E-state index in [0.717, 1.165) is 40.8 Å². The van der Waals surface area contributed by atoms with Crippen molar-refractivity contribution in [2.45, 2.75) is 29.3 Å². The van der Waals surface area contributed by atoms with Crippen LogP contribution < -0.4 is 19.8 Å². The highest BCUT2D eigenvalue weighted by Crippen LogP contribution is 2.54. The Kier molecular flexibility index (Phi) is 7.38. The third-order valence-electron chi connectivity index (χ3n) is 7.20. The van der Waals surface area contributed by atoms with E-state index >= 15 is 0 Å². The number of benzene rings is 3. The summed E-state index contributed by atoms with van der Waals surface area (Å²) in [7, 11) is 0. The second-order valence-corrected chi connectivity index (χ2v) is 12.2. The van der Waals surface area contributed by atoms with Crippen LogP contribution in [0.2, 0.25) is 0 Å². The zero-order chi connectivity index (χ0) is 30.5. The first-order chi connectivity index (χ1) is 20.5. The highest BCUT2D eigenvalue weighted by Gasteiger charge is 2.57. The van der Waals surface area contributed by atoms with Crippen LogP contribution in [0, 0.1) is 12.8 Å². The van der Waals surface area contributed by atoms with E-state index < -0.39 is 52.2 Å². The van der Waals surface area contributed by atoms with Crippen LogP contribution in [0.3, 0.4) is 0 Å². The predicted octanol–water partition coefficient (Wildman–Crippen LogP) is 5.58. The molecular weight excluding hydrogens is 603 g/mol. The summed E-state index contributed by atoms with van der Waals surface area (Å²) in [6, 6.07) is 18.3. The van der Waals surface area contributed by atoms with E-state index in [9.17, 15) is 32.3 Å². The van der Waals surface area contributed by atoms with Gasteiger partial charge in [-0.25, -0.2) is 4.90 Å². The van der Waals surface area contributed by atoms with Crippen LogP contribution in [0.1, 0.15) is 27.5 Å². The van der Waals surface area contributed by atoms with Crippen molar-refractivity contribution in [3.8, 4) is 5.75 Å². The maximum Gasteiger partial charge on any atom is 0.418 e. The maximum atomic E-state index is 13.9. The summed E-state index contributed by atoms with van der Waals surface area (Å²) in [5, 5.41) is 2.06. The number of thiazole rings is 1. The van der Waals surface area contributed by atoms with Crippen molar-refractivity contribution in [3.05, 3.63) is 104 Å². The molecule has 3 heterocycles. The number of hydrogen-bond acceptors (Lipinski definition) is 7. The minimum Gasteiger partial charge on any atom is -0.484 e. The smallest absolute Gasteiger partial charge is 0.418 e. The molecular formula is C30H22F3N3O5S2. The van der Waals surface area contributed by atoms with Crippen LogP contribution in [0.5, 0.6) is 5.75 Å². The number of nitrogens with one attached hydrogen (secondary N) is 2. The molecule has 1 fully saturated rings. The molecule has 2 aliphatic rings. The van der Waals surface area contributed by atoms with Crippen molar-refractivity contribution in [1.29, 1.82) is 0 Å². The molecule has 3 atom stereocenters. The highest BCUT2D eigenvalue weighted by atomic mass is 32.2. The number of aryl methyl sites for hydroxylation is 1. The first-order valence-corrected chi connectivity index (χ1v) is 14.7. The molecule has 3 unspecified atom stereocenters. The minimum atomic E-state index is -4.79. The van der Waals surface area contributed by atoms with E-state index in [-0.39, 0.29) is 11.5 Å². The second-order valence-electron chi connectivity index (χ2n) is 10.1. The lowest BCUT2D eigenvalue weighted by Gasteiger charge is -2.30. The van der Waals surface area contributed by atoms with Crippen LogP contribution in [-0.4, -0.2) is 34.6 Å². The molecule has 0 spiro atoms. The number of aromatic nitrogens is 1. The van der Waals surface area contributed by atoms with Gasteiger partial charge in [-0.1, -0.05) is 65.1 Å². The van der Waals surface area contributed by atoms with Gasteiger partial charge < -0.3 is 15.0 Å². The van der Waals surface area contributed by atoms with Gasteiger partial charge in [-0.2, -0.15) is 13.2 Å². The van der Waals surface area contributed by atoms with Gasteiger partial charge in [0.05, 0.1) is 22.2 Å². The first-order valence-electron chi connectivity index (χ1n) is 13.0. The third kappa shape index (κ3) is 5.45. The molecule has 3 aromatic carbocycles. The normalized spacial score (nSPS) is 19.6. The number of alkyl halides is 3. The number of para-hydroxylation sites is 1. The van der Waals surface area contributed by atoms with Crippen LogP contribution in [-0.2, 0) is 20.6 Å². The van der Waals surface area contributed by atoms with E-state index in [4.69, 9.17) is 4.74 Å². The topological polar surface area (TPSA) is 109 Å². The molecule has 0 bridgehead atoms. The number of imide groups is 1. The van der Waals surface area contributed by atoms with E-state index in [0.29, 0.717) is 31.8 Å². The molecule has 8 nitrogen and oxygen atoms in total. The molecule has 2 N–H and O–H groups in total. The Bertz CT molecular complexity index is 1800. The molecule has 2 aliphatic heterocycles. The molecule has 3 amide bonds. The molecule has 6 rings (SSSR count). The Labute approximate surface area is 250 Å². The summed E-state index contributed by atoms with van der Waals surface area (Å²) in [4.78, 5) is 55.7. The fourth-order valence-corrected chi connectivity index (χ4v) is 7.82. The lowest BCUT2D eigenvalue weighted by molar-refractivity contribution is -0.137. The van der Waals surface area contributed by atoms with Crippen molar-refractivity contribution < 1.29 is 32.3 Å². The Morgan fingerprint density at radius 3 is 2.49 bits per heavy atom. The maximum absolute atomic E-state index is 13.9. The lowest BCUT2D eigenvalue weighted by Crippen LogP contribution is -2.33. The Balaban J connectivity index is 1.31. The van der Waals surface area contributed by atoms with E-state index in [2.05, 4.69) is 10.3 Å². The quantitative estimate of drug-likeness (QED) is 0.271. The molecule has 0 radical (unpaired) electrons. The number of thioether (sulfide) groups is 1. The van der Waals surface area contributed by atoms with Crippen molar-refractivity contribution in [2.75, 3.05) is 16.8 Å². The lowest BCUT2D eigenvalue weighted by atomic mass is 9.83. The molecule has 220 valence electrons. The van der Waals surface area contributed by atoms with Crippen molar-refractivity contribution >= 4 is 52.2 Å². The summed E-state index contributed by atoms with van der Waals surface area (Å²) in [6.45, 7) is 1.62. The summed E-state index contributed by atoms with van der Waals surface area (Å²) in [5.74, 6) is -3.59. The van der Waals surface area contributed by atoms with Gasteiger partial charge in [-0.15, -0.1) is 0 Å². The highest BCUT2D eigenvalue weighted by molar-refractivity contribution is 8.00. The Hall–Kier alpha value is -4.36. The molecule has 1 aromatic heterocycles. The number of carbonyl (C=O) groups is 3. The zero-order valence-corrected chi connectivity index (χ0v) is 23.9. The van der Waals surface area contributed by atoms with E-state index in [1.54, 1.807) is 36.4 Å². The van der Waals surface area contributed by atoms with Gasteiger partial charge in [0.15, 0.2) is 6.61 Å². The SMILES string of the molecule is Cc1ccc(NC(=O)COc2cccc(C3c4sc(=O)[nH]c4SC4C(=O)N(c5ccccc5C(F)(F)F)C(=O)C43)c2)cc1. The summed E-state index contributed by atoms with van der Waals surface area (Å²) in [5.41, 5.74) is 0.525. The van der Waals surface area contributed by atoms with Gasteiger partial charge in [-0.05, 0) is 48.9 Å². The second kappa shape index (κ2) is 11.0. The largest absolute Gasteiger partial charge is 0.484 e. The van der Waals surface area contributed by atoms with Crippen molar-refractivity contribution in [3.63, 3.8) is 0 Å². The van der Waals surface area contributed by atoms with Gasteiger partial charge in [0.1, 0.15) is 11.0 Å². The van der Waals surface area contributed by atoms with Gasteiger partial charge in [0.25, 0.3) is 5.91 Å². The van der Waals surface area contributed by atoms with Gasteiger partial charge >= 0.3 is 11.0 Å². The number of ether oxygens (including phenoxy) is 1. The predicted molar refractivity (Wildman–Crippen MR) is 156 cm³/mol. The van der Waals surface area contributed by atoms with E-state index in [1.165, 1.54) is 12.1 Å². The standard InChI is InChI=1S/C30H22F3N3O5S2/c1-15-9-11-17(12-10-15)34-21(37)14-41-18-6-4-5-16(13-18)22-23-25(42-26-24(22)43-29(40)35-26)28(39)36(27(23)38)20-8-3-2-7-19(20)30(31,32)33/h2-13,22-23,25H,14H2,1H3,(H,34,37)(H,35,40). The zero-order valence-electron chi connectivity index (χ0n) is 22.3.